The second kappa shape index (κ2) is 5.26. The lowest BCUT2D eigenvalue weighted by atomic mass is 10.0. The minimum atomic E-state index is -0.154. The molecule has 2 N–H and O–H groups in total. The molecule has 2 aliphatic heterocycles. The van der Waals surface area contributed by atoms with Gasteiger partial charge in [-0.25, -0.2) is 0 Å². The minimum absolute atomic E-state index is 0.154. The van der Waals surface area contributed by atoms with Crippen LogP contribution >= 0.6 is 0 Å². The summed E-state index contributed by atoms with van der Waals surface area (Å²) in [6.07, 6.45) is 2.16. The Morgan fingerprint density at radius 3 is 3.00 bits per heavy atom. The van der Waals surface area contributed by atoms with Crippen LogP contribution in [-0.4, -0.2) is 19.2 Å². The van der Waals surface area contributed by atoms with E-state index in [0.29, 0.717) is 17.1 Å². The Balaban J connectivity index is 1.60. The molecule has 0 saturated carbocycles. The standard InChI is InChI=1S/C17H16N2O3/c20-17(12-6-7-14-15(9-12)22-10-21-14)19-13-5-1-3-11-4-2-8-18-16(11)13/h1,3,5-7,9,18H,2,4,8,10H2,(H,19,20). The molecule has 0 aromatic heterocycles. The predicted octanol–water partition coefficient (Wildman–Crippen LogP) is 3.03. The highest BCUT2D eigenvalue weighted by Gasteiger charge is 2.18. The monoisotopic (exact) mass is 296 g/mol. The van der Waals surface area contributed by atoms with Gasteiger partial charge in [-0.15, -0.1) is 0 Å². The number of aryl methyl sites for hydroxylation is 1. The van der Waals surface area contributed by atoms with Crippen molar-refractivity contribution >= 4 is 17.3 Å². The van der Waals surface area contributed by atoms with Gasteiger partial charge in [-0.1, -0.05) is 12.1 Å². The SMILES string of the molecule is O=C(Nc1cccc2c1NCCC2)c1ccc2c(c1)OCO2. The maximum absolute atomic E-state index is 12.5. The summed E-state index contributed by atoms with van der Waals surface area (Å²) in [5, 5.41) is 6.35. The molecule has 0 atom stereocenters. The maximum Gasteiger partial charge on any atom is 0.255 e. The quantitative estimate of drug-likeness (QED) is 0.894. The third-order valence-electron chi connectivity index (χ3n) is 3.96. The first-order valence-corrected chi connectivity index (χ1v) is 7.38. The van der Waals surface area contributed by atoms with Gasteiger partial charge >= 0.3 is 0 Å². The number of rotatable bonds is 2. The summed E-state index contributed by atoms with van der Waals surface area (Å²) in [7, 11) is 0. The number of anilines is 2. The van der Waals surface area contributed by atoms with E-state index in [0.717, 1.165) is 30.8 Å². The van der Waals surface area contributed by atoms with Crippen LogP contribution < -0.4 is 20.1 Å². The molecule has 0 bridgehead atoms. The van der Waals surface area contributed by atoms with E-state index < -0.39 is 0 Å². The molecule has 1 amide bonds. The number of hydrogen-bond acceptors (Lipinski definition) is 4. The van der Waals surface area contributed by atoms with Gasteiger partial charge in [0.25, 0.3) is 5.91 Å². The van der Waals surface area contributed by atoms with Crippen LogP contribution in [0.3, 0.4) is 0 Å². The lowest BCUT2D eigenvalue weighted by Gasteiger charge is -2.21. The Labute approximate surface area is 128 Å². The van der Waals surface area contributed by atoms with Gasteiger partial charge in [-0.05, 0) is 42.7 Å². The average Bonchev–Trinajstić information content (AvgIpc) is 3.02. The molecule has 0 aliphatic carbocycles. The predicted molar refractivity (Wildman–Crippen MR) is 83.8 cm³/mol. The molecule has 2 aromatic carbocycles. The van der Waals surface area contributed by atoms with Crippen molar-refractivity contribution in [3.05, 3.63) is 47.5 Å². The van der Waals surface area contributed by atoms with E-state index in [2.05, 4.69) is 16.7 Å². The van der Waals surface area contributed by atoms with Crippen molar-refractivity contribution in [3.63, 3.8) is 0 Å². The molecule has 2 aromatic rings. The minimum Gasteiger partial charge on any atom is -0.454 e. The third-order valence-corrected chi connectivity index (χ3v) is 3.96. The maximum atomic E-state index is 12.5. The zero-order chi connectivity index (χ0) is 14.9. The summed E-state index contributed by atoms with van der Waals surface area (Å²) >= 11 is 0. The summed E-state index contributed by atoms with van der Waals surface area (Å²) < 4.78 is 10.6. The van der Waals surface area contributed by atoms with Gasteiger partial charge in [0, 0.05) is 12.1 Å². The van der Waals surface area contributed by atoms with E-state index >= 15 is 0 Å². The van der Waals surface area contributed by atoms with Gasteiger partial charge in [0.1, 0.15) is 0 Å². The number of nitrogens with one attached hydrogen (secondary N) is 2. The van der Waals surface area contributed by atoms with E-state index in [1.54, 1.807) is 18.2 Å². The van der Waals surface area contributed by atoms with Crippen molar-refractivity contribution in [2.45, 2.75) is 12.8 Å². The van der Waals surface area contributed by atoms with Crippen molar-refractivity contribution in [1.29, 1.82) is 0 Å². The molecule has 112 valence electrons. The van der Waals surface area contributed by atoms with Crippen molar-refractivity contribution in [2.24, 2.45) is 0 Å². The molecule has 0 unspecified atom stereocenters. The van der Waals surface area contributed by atoms with E-state index in [-0.39, 0.29) is 12.7 Å². The van der Waals surface area contributed by atoms with Gasteiger partial charge in [0.15, 0.2) is 11.5 Å². The molecule has 5 heteroatoms. The van der Waals surface area contributed by atoms with Gasteiger partial charge in [-0.2, -0.15) is 0 Å². The number of benzene rings is 2. The van der Waals surface area contributed by atoms with Crippen LogP contribution in [0.4, 0.5) is 11.4 Å². The highest BCUT2D eigenvalue weighted by Crippen LogP contribution is 2.34. The van der Waals surface area contributed by atoms with Crippen LogP contribution in [0.15, 0.2) is 36.4 Å². The highest BCUT2D eigenvalue weighted by atomic mass is 16.7. The topological polar surface area (TPSA) is 59.6 Å². The van der Waals surface area contributed by atoms with E-state index in [4.69, 9.17) is 9.47 Å². The number of carbonyl (C=O) groups excluding carboxylic acids is 1. The number of carbonyl (C=O) groups is 1. The van der Waals surface area contributed by atoms with Crippen molar-refractivity contribution in [1.82, 2.24) is 0 Å². The Hall–Kier alpha value is -2.69. The fourth-order valence-electron chi connectivity index (χ4n) is 2.85. The van der Waals surface area contributed by atoms with E-state index in [1.165, 1.54) is 5.56 Å². The summed E-state index contributed by atoms with van der Waals surface area (Å²) in [6, 6.07) is 11.2. The van der Waals surface area contributed by atoms with Crippen molar-refractivity contribution < 1.29 is 14.3 Å². The molecule has 2 aliphatic rings. The first-order chi connectivity index (χ1) is 10.8. The van der Waals surface area contributed by atoms with Crippen LogP contribution in [0.1, 0.15) is 22.3 Å². The zero-order valence-electron chi connectivity index (χ0n) is 12.0. The zero-order valence-corrected chi connectivity index (χ0v) is 12.0. The molecule has 2 heterocycles. The molecule has 5 nitrogen and oxygen atoms in total. The van der Waals surface area contributed by atoms with Crippen LogP contribution in [-0.2, 0) is 6.42 Å². The van der Waals surface area contributed by atoms with Crippen LogP contribution in [0.5, 0.6) is 11.5 Å². The summed E-state index contributed by atoms with van der Waals surface area (Å²) in [5.74, 6) is 1.13. The molecule has 22 heavy (non-hydrogen) atoms. The molecule has 0 fully saturated rings. The second-order valence-corrected chi connectivity index (χ2v) is 5.39. The molecule has 0 saturated heterocycles. The average molecular weight is 296 g/mol. The Kier molecular flexibility index (Phi) is 3.11. The smallest absolute Gasteiger partial charge is 0.255 e. The van der Waals surface area contributed by atoms with Crippen molar-refractivity contribution in [3.8, 4) is 11.5 Å². The molecule has 4 rings (SSSR count). The Morgan fingerprint density at radius 2 is 2.05 bits per heavy atom. The summed E-state index contributed by atoms with van der Waals surface area (Å²) in [6.45, 7) is 1.14. The molecular weight excluding hydrogens is 280 g/mol. The first-order valence-electron chi connectivity index (χ1n) is 7.38. The fraction of sp³-hybridized carbons (Fsp3) is 0.235. The lowest BCUT2D eigenvalue weighted by Crippen LogP contribution is -2.17. The Bertz CT molecular complexity index is 743. The van der Waals surface area contributed by atoms with Gasteiger partial charge in [-0.3, -0.25) is 4.79 Å². The molecular formula is C17H16N2O3. The summed E-state index contributed by atoms with van der Waals surface area (Å²) in [4.78, 5) is 12.5. The van der Waals surface area contributed by atoms with Gasteiger partial charge < -0.3 is 20.1 Å². The van der Waals surface area contributed by atoms with Gasteiger partial charge in [0.05, 0.1) is 11.4 Å². The van der Waals surface area contributed by atoms with Crippen molar-refractivity contribution in [2.75, 3.05) is 24.0 Å². The highest BCUT2D eigenvalue weighted by molar-refractivity contribution is 6.06. The number of fused-ring (bicyclic) bond motifs is 2. The number of para-hydroxylation sites is 1. The van der Waals surface area contributed by atoms with Gasteiger partial charge in [0.2, 0.25) is 6.79 Å². The van der Waals surface area contributed by atoms with E-state index in [1.807, 2.05) is 12.1 Å². The number of hydrogen-bond donors (Lipinski definition) is 2. The second-order valence-electron chi connectivity index (χ2n) is 5.39. The number of amides is 1. The molecule has 0 spiro atoms. The number of ether oxygens (including phenoxy) is 2. The van der Waals surface area contributed by atoms with Crippen LogP contribution in [0.2, 0.25) is 0 Å². The van der Waals surface area contributed by atoms with Crippen LogP contribution in [0, 0.1) is 0 Å². The normalized spacial score (nSPS) is 14.9. The largest absolute Gasteiger partial charge is 0.454 e. The lowest BCUT2D eigenvalue weighted by molar-refractivity contribution is 0.102. The summed E-state index contributed by atoms with van der Waals surface area (Å²) in [5.41, 5.74) is 3.65. The first kappa shape index (κ1) is 13.0. The Morgan fingerprint density at radius 1 is 1.14 bits per heavy atom. The fourth-order valence-corrected chi connectivity index (χ4v) is 2.85. The molecule has 0 radical (unpaired) electrons. The third kappa shape index (κ3) is 2.24. The van der Waals surface area contributed by atoms with Crippen LogP contribution in [0.25, 0.3) is 0 Å². The van der Waals surface area contributed by atoms with E-state index in [9.17, 15) is 4.79 Å².